The number of likely N-dealkylation sites (tertiary alicyclic amines) is 1. The Balaban J connectivity index is 1.94. The predicted octanol–water partition coefficient (Wildman–Crippen LogP) is 2.49. The summed E-state index contributed by atoms with van der Waals surface area (Å²) in [5.41, 5.74) is 0. The van der Waals surface area contributed by atoms with E-state index in [0.717, 1.165) is 12.3 Å². The highest BCUT2D eigenvalue weighted by atomic mass is 35.5. The second-order valence-electron chi connectivity index (χ2n) is 4.57. The van der Waals surface area contributed by atoms with Crippen LogP contribution >= 0.6 is 11.6 Å². The van der Waals surface area contributed by atoms with E-state index < -0.39 is 0 Å². The summed E-state index contributed by atoms with van der Waals surface area (Å²) < 4.78 is 0. The average molecular weight is 234 g/mol. The number of hydrogen-bond donors (Lipinski definition) is 1. The van der Waals surface area contributed by atoms with Gasteiger partial charge in [-0.2, -0.15) is 0 Å². The molecule has 1 rings (SSSR count). The Morgan fingerprint density at radius 3 is 2.33 bits per heavy atom. The molecule has 2 nitrogen and oxygen atoms in total. The molecule has 0 atom stereocenters. The number of alkyl halides is 1. The molecular weight excluding hydrogens is 210 g/mol. The Bertz CT molecular complexity index is 147. The van der Waals surface area contributed by atoms with Gasteiger partial charge in [-0.15, -0.1) is 11.6 Å². The van der Waals surface area contributed by atoms with E-state index in [1.165, 1.54) is 51.7 Å². The fourth-order valence-corrected chi connectivity index (χ4v) is 2.37. The summed E-state index contributed by atoms with van der Waals surface area (Å²) in [4.78, 5) is 2.53. The van der Waals surface area contributed by atoms with Gasteiger partial charge in [-0.1, -0.05) is 12.8 Å². The predicted molar refractivity (Wildman–Crippen MR) is 65.4 cm³/mol. The van der Waals surface area contributed by atoms with Crippen LogP contribution in [0.2, 0.25) is 0 Å². The van der Waals surface area contributed by atoms with E-state index >= 15 is 0 Å². The van der Waals surface area contributed by atoms with Crippen LogP contribution in [-0.4, -0.2) is 42.1 Å². The van der Waals surface area contributed by atoms with Crippen LogP contribution in [0.5, 0.6) is 0 Å². The maximum absolute atomic E-state index is 9.02. The third-order valence-electron chi connectivity index (χ3n) is 3.32. The van der Waals surface area contributed by atoms with Crippen LogP contribution in [0.25, 0.3) is 0 Å². The molecule has 1 heterocycles. The molecule has 3 heteroatoms. The number of hydrogen-bond acceptors (Lipinski definition) is 2. The molecule has 0 amide bonds. The second kappa shape index (κ2) is 8.37. The van der Waals surface area contributed by atoms with Crippen molar-refractivity contribution in [3.63, 3.8) is 0 Å². The standard InChI is InChI=1S/C12H24ClNO/c13-7-3-1-2-4-8-14-9-5-12(11-15)6-10-14/h12,15H,1-11H2. The summed E-state index contributed by atoms with van der Waals surface area (Å²) in [6, 6.07) is 0. The molecule has 1 aliphatic heterocycles. The highest BCUT2D eigenvalue weighted by molar-refractivity contribution is 6.17. The van der Waals surface area contributed by atoms with Gasteiger partial charge in [0.05, 0.1) is 0 Å². The molecule has 0 radical (unpaired) electrons. The Kier molecular flexibility index (Phi) is 7.41. The first-order valence-electron chi connectivity index (χ1n) is 6.26. The van der Waals surface area contributed by atoms with E-state index in [9.17, 15) is 0 Å². The van der Waals surface area contributed by atoms with Crippen LogP contribution in [0.3, 0.4) is 0 Å². The number of halogens is 1. The SMILES string of the molecule is OCC1CCN(CCCCCCCl)CC1. The van der Waals surface area contributed by atoms with Crippen LogP contribution < -0.4 is 0 Å². The molecule has 0 aromatic rings. The summed E-state index contributed by atoms with van der Waals surface area (Å²) in [6.07, 6.45) is 7.41. The zero-order valence-electron chi connectivity index (χ0n) is 9.63. The van der Waals surface area contributed by atoms with Crippen molar-refractivity contribution in [1.82, 2.24) is 4.90 Å². The lowest BCUT2D eigenvalue weighted by Gasteiger charge is -2.30. The van der Waals surface area contributed by atoms with E-state index in [0.29, 0.717) is 12.5 Å². The van der Waals surface area contributed by atoms with Gasteiger partial charge in [0.25, 0.3) is 0 Å². The molecule has 1 N–H and O–H groups in total. The van der Waals surface area contributed by atoms with Crippen molar-refractivity contribution in [1.29, 1.82) is 0 Å². The number of rotatable bonds is 7. The van der Waals surface area contributed by atoms with Crippen molar-refractivity contribution in [3.05, 3.63) is 0 Å². The molecule has 1 aliphatic rings. The maximum Gasteiger partial charge on any atom is 0.0460 e. The van der Waals surface area contributed by atoms with Gasteiger partial charge in [-0.3, -0.25) is 0 Å². The molecule has 0 unspecified atom stereocenters. The van der Waals surface area contributed by atoms with Gasteiger partial charge < -0.3 is 10.0 Å². The summed E-state index contributed by atoms with van der Waals surface area (Å²) in [7, 11) is 0. The van der Waals surface area contributed by atoms with Gasteiger partial charge in [0.15, 0.2) is 0 Å². The third-order valence-corrected chi connectivity index (χ3v) is 3.59. The van der Waals surface area contributed by atoms with Crippen LogP contribution in [0.15, 0.2) is 0 Å². The topological polar surface area (TPSA) is 23.5 Å². The lowest BCUT2D eigenvalue weighted by Crippen LogP contribution is -2.35. The van der Waals surface area contributed by atoms with Gasteiger partial charge in [0.2, 0.25) is 0 Å². The van der Waals surface area contributed by atoms with Gasteiger partial charge in [0, 0.05) is 12.5 Å². The number of aliphatic hydroxyl groups is 1. The van der Waals surface area contributed by atoms with Crippen molar-refractivity contribution in [2.24, 2.45) is 5.92 Å². The summed E-state index contributed by atoms with van der Waals surface area (Å²) in [5.74, 6) is 1.37. The molecule has 0 aliphatic carbocycles. The van der Waals surface area contributed by atoms with E-state index in [1.54, 1.807) is 0 Å². The van der Waals surface area contributed by atoms with Gasteiger partial charge >= 0.3 is 0 Å². The molecule has 0 aromatic carbocycles. The molecular formula is C12H24ClNO. The number of nitrogens with zero attached hydrogens (tertiary/aromatic N) is 1. The largest absolute Gasteiger partial charge is 0.396 e. The maximum atomic E-state index is 9.02. The molecule has 0 spiro atoms. The van der Waals surface area contributed by atoms with Gasteiger partial charge in [-0.25, -0.2) is 0 Å². The summed E-state index contributed by atoms with van der Waals surface area (Å²) in [6.45, 7) is 3.98. The molecule has 0 bridgehead atoms. The van der Waals surface area contributed by atoms with Gasteiger partial charge in [0.1, 0.15) is 0 Å². The minimum absolute atomic E-state index is 0.379. The van der Waals surface area contributed by atoms with E-state index in [4.69, 9.17) is 16.7 Å². The van der Waals surface area contributed by atoms with Crippen molar-refractivity contribution in [2.75, 3.05) is 32.1 Å². The quantitative estimate of drug-likeness (QED) is 0.540. The van der Waals surface area contributed by atoms with E-state index in [-0.39, 0.29) is 0 Å². The third kappa shape index (κ3) is 5.74. The molecule has 0 saturated carbocycles. The fraction of sp³-hybridized carbons (Fsp3) is 1.00. The van der Waals surface area contributed by atoms with Crippen molar-refractivity contribution in [2.45, 2.75) is 38.5 Å². The zero-order valence-corrected chi connectivity index (χ0v) is 10.4. The molecule has 1 saturated heterocycles. The normalized spacial score (nSPS) is 19.6. The van der Waals surface area contributed by atoms with Crippen molar-refractivity contribution in [3.8, 4) is 0 Å². The molecule has 0 aromatic heterocycles. The highest BCUT2D eigenvalue weighted by Crippen LogP contribution is 2.16. The highest BCUT2D eigenvalue weighted by Gasteiger charge is 2.17. The lowest BCUT2D eigenvalue weighted by atomic mass is 9.98. The Hall–Kier alpha value is 0.210. The summed E-state index contributed by atoms with van der Waals surface area (Å²) in [5, 5.41) is 9.02. The van der Waals surface area contributed by atoms with Crippen LogP contribution in [0, 0.1) is 5.92 Å². The Labute approximate surface area is 98.6 Å². The molecule has 90 valence electrons. The molecule has 1 fully saturated rings. The number of aliphatic hydroxyl groups excluding tert-OH is 1. The van der Waals surface area contributed by atoms with Crippen LogP contribution in [0.1, 0.15) is 38.5 Å². The lowest BCUT2D eigenvalue weighted by molar-refractivity contribution is 0.130. The first-order chi connectivity index (χ1) is 7.36. The van der Waals surface area contributed by atoms with E-state index in [2.05, 4.69) is 4.90 Å². The second-order valence-corrected chi connectivity index (χ2v) is 4.95. The average Bonchev–Trinajstić information content (AvgIpc) is 2.30. The fourth-order valence-electron chi connectivity index (χ4n) is 2.18. The minimum Gasteiger partial charge on any atom is -0.396 e. The smallest absolute Gasteiger partial charge is 0.0460 e. The monoisotopic (exact) mass is 233 g/mol. The van der Waals surface area contributed by atoms with Crippen LogP contribution in [0.4, 0.5) is 0 Å². The van der Waals surface area contributed by atoms with Gasteiger partial charge in [-0.05, 0) is 51.2 Å². The van der Waals surface area contributed by atoms with Crippen molar-refractivity contribution >= 4 is 11.6 Å². The molecule has 15 heavy (non-hydrogen) atoms. The first kappa shape index (κ1) is 13.3. The van der Waals surface area contributed by atoms with E-state index in [1.807, 2.05) is 0 Å². The van der Waals surface area contributed by atoms with Crippen molar-refractivity contribution < 1.29 is 5.11 Å². The Morgan fingerprint density at radius 2 is 1.73 bits per heavy atom. The number of unbranched alkanes of at least 4 members (excludes halogenated alkanes) is 3. The minimum atomic E-state index is 0.379. The number of piperidine rings is 1. The zero-order chi connectivity index (χ0) is 10.9. The summed E-state index contributed by atoms with van der Waals surface area (Å²) >= 11 is 5.63. The van der Waals surface area contributed by atoms with Crippen LogP contribution in [-0.2, 0) is 0 Å². The first-order valence-corrected chi connectivity index (χ1v) is 6.79. The Morgan fingerprint density at radius 1 is 1.07 bits per heavy atom.